The Bertz CT molecular complexity index is 838. The predicted octanol–water partition coefficient (Wildman–Crippen LogP) is 3.76. The Morgan fingerprint density at radius 2 is 1.74 bits per heavy atom. The number of fused-ring (bicyclic) bond motifs is 1. The summed E-state index contributed by atoms with van der Waals surface area (Å²) in [7, 11) is -3.49. The molecule has 5 heteroatoms. The molecule has 1 N–H and O–H groups in total. The number of rotatable bonds is 2. The van der Waals surface area contributed by atoms with Gasteiger partial charge in [0.05, 0.1) is 9.79 Å². The van der Waals surface area contributed by atoms with Gasteiger partial charge in [0.2, 0.25) is 9.84 Å². The normalized spacial score (nSPS) is 11.8. The first kappa shape index (κ1) is 12.4. The van der Waals surface area contributed by atoms with Gasteiger partial charge in [-0.1, -0.05) is 34.1 Å². The van der Waals surface area contributed by atoms with E-state index in [1.807, 2.05) is 18.2 Å². The molecule has 3 nitrogen and oxygen atoms in total. The van der Waals surface area contributed by atoms with E-state index < -0.39 is 9.84 Å². The Morgan fingerprint density at radius 3 is 2.47 bits per heavy atom. The molecule has 0 unspecified atom stereocenters. The van der Waals surface area contributed by atoms with Crippen LogP contribution in [0.4, 0.5) is 0 Å². The molecule has 1 aromatic heterocycles. The molecule has 0 aliphatic rings. The van der Waals surface area contributed by atoms with Gasteiger partial charge in [0.1, 0.15) is 0 Å². The molecule has 3 aromatic rings. The highest BCUT2D eigenvalue weighted by atomic mass is 79.9. The molecular formula is C14H10BrNO2S. The standard InChI is InChI=1S/C14H10BrNO2S/c15-10-6-7-13-12(8-10)14(9-16-13)19(17,18)11-4-2-1-3-5-11/h1-9,16H. The van der Waals surface area contributed by atoms with E-state index >= 15 is 0 Å². The van der Waals surface area contributed by atoms with Crippen molar-refractivity contribution in [3.63, 3.8) is 0 Å². The number of sulfone groups is 1. The summed E-state index contributed by atoms with van der Waals surface area (Å²) in [4.78, 5) is 3.59. The maximum absolute atomic E-state index is 12.6. The van der Waals surface area contributed by atoms with Gasteiger partial charge in [-0.15, -0.1) is 0 Å². The fourth-order valence-electron chi connectivity index (χ4n) is 2.02. The second-order valence-corrected chi connectivity index (χ2v) is 6.99. The van der Waals surface area contributed by atoms with Crippen LogP contribution in [-0.2, 0) is 9.84 Å². The van der Waals surface area contributed by atoms with E-state index in [1.165, 1.54) is 0 Å². The van der Waals surface area contributed by atoms with Gasteiger partial charge >= 0.3 is 0 Å². The van der Waals surface area contributed by atoms with E-state index in [4.69, 9.17) is 0 Å². The lowest BCUT2D eigenvalue weighted by atomic mass is 10.2. The first-order valence-corrected chi connectivity index (χ1v) is 7.93. The minimum atomic E-state index is -3.49. The Hall–Kier alpha value is -1.59. The molecular weight excluding hydrogens is 326 g/mol. The Balaban J connectivity index is 2.28. The zero-order chi connectivity index (χ0) is 13.5. The lowest BCUT2D eigenvalue weighted by Gasteiger charge is -2.03. The number of aromatic nitrogens is 1. The zero-order valence-electron chi connectivity index (χ0n) is 9.80. The van der Waals surface area contributed by atoms with Gasteiger partial charge in [-0.2, -0.15) is 0 Å². The van der Waals surface area contributed by atoms with Gasteiger partial charge in [-0.3, -0.25) is 0 Å². The summed E-state index contributed by atoms with van der Waals surface area (Å²) < 4.78 is 26.0. The molecule has 0 aliphatic carbocycles. The van der Waals surface area contributed by atoms with Crippen LogP contribution in [0.15, 0.2) is 69.0 Å². The van der Waals surface area contributed by atoms with Crippen LogP contribution in [-0.4, -0.2) is 13.4 Å². The van der Waals surface area contributed by atoms with Crippen LogP contribution in [0.2, 0.25) is 0 Å². The average Bonchev–Trinajstić information content (AvgIpc) is 2.83. The van der Waals surface area contributed by atoms with Gasteiger partial charge in [-0.25, -0.2) is 8.42 Å². The van der Waals surface area contributed by atoms with E-state index in [0.717, 1.165) is 9.99 Å². The van der Waals surface area contributed by atoms with Crippen molar-refractivity contribution in [2.75, 3.05) is 0 Å². The third-order valence-electron chi connectivity index (χ3n) is 2.95. The highest BCUT2D eigenvalue weighted by molar-refractivity contribution is 9.10. The lowest BCUT2D eigenvalue weighted by Crippen LogP contribution is -2.00. The van der Waals surface area contributed by atoms with Crippen LogP contribution in [0.5, 0.6) is 0 Å². The summed E-state index contributed by atoms with van der Waals surface area (Å²) >= 11 is 3.37. The molecule has 1 heterocycles. The third-order valence-corrected chi connectivity index (χ3v) is 5.25. The number of aromatic amines is 1. The maximum Gasteiger partial charge on any atom is 0.208 e. The molecule has 0 aliphatic heterocycles. The molecule has 2 aromatic carbocycles. The highest BCUT2D eigenvalue weighted by Gasteiger charge is 2.21. The lowest BCUT2D eigenvalue weighted by molar-refractivity contribution is 0.597. The predicted molar refractivity (Wildman–Crippen MR) is 77.9 cm³/mol. The van der Waals surface area contributed by atoms with Crippen molar-refractivity contribution in [2.45, 2.75) is 9.79 Å². The van der Waals surface area contributed by atoms with Gasteiger partial charge in [-0.05, 0) is 30.3 Å². The molecule has 0 bridgehead atoms. The quantitative estimate of drug-likeness (QED) is 0.775. The smallest absolute Gasteiger partial charge is 0.208 e. The minimum absolute atomic E-state index is 0.301. The van der Waals surface area contributed by atoms with Crippen LogP contribution in [0.1, 0.15) is 0 Å². The van der Waals surface area contributed by atoms with Crippen molar-refractivity contribution < 1.29 is 8.42 Å². The molecule has 0 atom stereocenters. The third kappa shape index (κ3) is 2.09. The monoisotopic (exact) mass is 335 g/mol. The van der Waals surface area contributed by atoms with Gasteiger partial charge in [0, 0.05) is 21.6 Å². The number of hydrogen-bond donors (Lipinski definition) is 1. The average molecular weight is 336 g/mol. The minimum Gasteiger partial charge on any atom is -0.360 e. The Labute approximate surface area is 119 Å². The summed E-state index contributed by atoms with van der Waals surface area (Å²) in [5.74, 6) is 0. The Morgan fingerprint density at radius 1 is 1.00 bits per heavy atom. The molecule has 0 spiro atoms. The molecule has 0 amide bonds. The number of hydrogen-bond acceptors (Lipinski definition) is 2. The summed E-state index contributed by atoms with van der Waals surface area (Å²) in [5.41, 5.74) is 0.803. The second-order valence-electron chi connectivity index (χ2n) is 4.16. The van der Waals surface area contributed by atoms with E-state index in [1.54, 1.807) is 36.5 Å². The number of nitrogens with one attached hydrogen (secondary N) is 1. The van der Waals surface area contributed by atoms with Crippen LogP contribution in [0.3, 0.4) is 0 Å². The van der Waals surface area contributed by atoms with E-state index in [0.29, 0.717) is 15.2 Å². The molecule has 3 rings (SSSR count). The highest BCUT2D eigenvalue weighted by Crippen LogP contribution is 2.29. The van der Waals surface area contributed by atoms with Crippen LogP contribution < -0.4 is 0 Å². The summed E-state index contributed by atoms with van der Waals surface area (Å²) in [5, 5.41) is 0.693. The van der Waals surface area contributed by atoms with E-state index in [2.05, 4.69) is 20.9 Å². The van der Waals surface area contributed by atoms with Crippen molar-refractivity contribution >= 4 is 36.7 Å². The molecule has 0 saturated heterocycles. The fourth-order valence-corrected chi connectivity index (χ4v) is 3.82. The topological polar surface area (TPSA) is 49.9 Å². The number of halogens is 1. The van der Waals surface area contributed by atoms with Crippen LogP contribution in [0.25, 0.3) is 10.9 Å². The van der Waals surface area contributed by atoms with Crippen molar-refractivity contribution in [3.05, 3.63) is 59.2 Å². The zero-order valence-corrected chi connectivity index (χ0v) is 12.2. The number of benzene rings is 2. The maximum atomic E-state index is 12.6. The molecule has 96 valence electrons. The van der Waals surface area contributed by atoms with Gasteiger partial charge in [0.25, 0.3) is 0 Å². The van der Waals surface area contributed by atoms with Gasteiger partial charge in [0.15, 0.2) is 0 Å². The van der Waals surface area contributed by atoms with Crippen molar-refractivity contribution in [3.8, 4) is 0 Å². The molecule has 19 heavy (non-hydrogen) atoms. The van der Waals surface area contributed by atoms with E-state index in [9.17, 15) is 8.42 Å². The summed E-state index contributed by atoms with van der Waals surface area (Å²) in [6.07, 6.45) is 1.54. The summed E-state index contributed by atoms with van der Waals surface area (Å²) in [6, 6.07) is 14.0. The number of H-pyrrole nitrogens is 1. The SMILES string of the molecule is O=S(=O)(c1ccccc1)c1c[nH]c2ccc(Br)cc12. The van der Waals surface area contributed by atoms with Crippen LogP contribution in [0, 0.1) is 0 Å². The Kier molecular flexibility index (Phi) is 2.95. The first-order valence-electron chi connectivity index (χ1n) is 5.66. The molecule has 0 fully saturated rings. The van der Waals surface area contributed by atoms with Crippen molar-refractivity contribution in [1.29, 1.82) is 0 Å². The van der Waals surface area contributed by atoms with Gasteiger partial charge < -0.3 is 4.98 Å². The van der Waals surface area contributed by atoms with Crippen molar-refractivity contribution in [1.82, 2.24) is 4.98 Å². The van der Waals surface area contributed by atoms with Crippen molar-refractivity contribution in [2.24, 2.45) is 0 Å². The second kappa shape index (κ2) is 4.51. The first-order chi connectivity index (χ1) is 9.09. The fraction of sp³-hybridized carbons (Fsp3) is 0. The van der Waals surface area contributed by atoms with Crippen LogP contribution >= 0.6 is 15.9 Å². The summed E-state index contributed by atoms with van der Waals surface area (Å²) in [6.45, 7) is 0. The molecule has 0 saturated carbocycles. The largest absolute Gasteiger partial charge is 0.360 e. The molecule has 0 radical (unpaired) electrons. The van der Waals surface area contributed by atoms with E-state index in [-0.39, 0.29) is 0 Å².